The summed E-state index contributed by atoms with van der Waals surface area (Å²) in [4.78, 5) is 159. The lowest BCUT2D eigenvalue weighted by molar-refractivity contribution is -0.149. The van der Waals surface area contributed by atoms with Crippen molar-refractivity contribution in [1.29, 1.82) is 0 Å². The lowest BCUT2D eigenvalue weighted by atomic mass is 10.0. The molecular weight excluding hydrogens is 1090 g/mol. The van der Waals surface area contributed by atoms with E-state index >= 15 is 0 Å². The number of carbonyl (C=O) groups is 11. The minimum Gasteiger partial charge on any atom is -0.504 e. The number of aliphatic imine (C=N–C) groups is 1. The van der Waals surface area contributed by atoms with E-state index in [2.05, 4.69) is 42.2 Å². The van der Waals surface area contributed by atoms with Gasteiger partial charge in [-0.3, -0.25) is 57.7 Å². The number of primary amides is 1. The first-order valence-corrected chi connectivity index (χ1v) is 28.3. The molecule has 460 valence electrons. The zero-order valence-electron chi connectivity index (χ0n) is 48.1. The Bertz CT molecular complexity index is 2740. The third kappa shape index (κ3) is 18.5. The van der Waals surface area contributed by atoms with Gasteiger partial charge in [0.05, 0.1) is 5.56 Å². The van der Waals surface area contributed by atoms with Crippen LogP contribution in [0.4, 0.5) is 0 Å². The van der Waals surface area contributed by atoms with Crippen LogP contribution in [0.15, 0.2) is 53.5 Å². The van der Waals surface area contributed by atoms with E-state index in [1.807, 2.05) is 27.7 Å². The second-order valence-electron chi connectivity index (χ2n) is 22.1. The molecule has 0 spiro atoms. The normalized spacial score (nSPS) is 18.8. The number of benzene rings is 2. The maximum Gasteiger partial charge on any atom is 0.255 e. The van der Waals surface area contributed by atoms with Crippen molar-refractivity contribution >= 4 is 70.9 Å². The number of nitrogens with one attached hydrogen (secondary N) is 7. The SMILES string of the molecule is CC(=O)N[C@@H](CCCN=C(N)N)C(=O)N[C@@H](CNC(=O)C(O)c1ccccc1)C(=O)N[C@@H](CC(C)C)C(=O)N1CCC[C@H]1C(=O)N1CCC[C@H]1C(=O)N[C@@H](CC(C)C)C(=O)N1CCC[C@H]1C(=O)N[C@@H](CNC(=O)c1cccc(O)c1O)C(N)=O. The summed E-state index contributed by atoms with van der Waals surface area (Å²) in [6, 6.07) is 1.85. The summed E-state index contributed by atoms with van der Waals surface area (Å²) in [5, 5.41) is 48.9. The molecule has 0 aliphatic carbocycles. The molecule has 3 heterocycles. The zero-order valence-corrected chi connectivity index (χ0v) is 48.1. The molecule has 5 rings (SSSR count). The van der Waals surface area contributed by atoms with Gasteiger partial charge in [0.15, 0.2) is 23.6 Å². The summed E-state index contributed by atoms with van der Waals surface area (Å²) in [5.41, 5.74) is 16.4. The molecule has 2 aromatic rings. The lowest BCUT2D eigenvalue weighted by Crippen LogP contribution is -2.61. The highest BCUT2D eigenvalue weighted by molar-refractivity contribution is 6.00. The van der Waals surface area contributed by atoms with Crippen LogP contribution < -0.4 is 54.4 Å². The van der Waals surface area contributed by atoms with Crippen LogP contribution in [0.25, 0.3) is 0 Å². The Kier molecular flexibility index (Phi) is 24.6. The minimum atomic E-state index is -1.65. The molecule has 0 radical (unpaired) electrons. The molecular formula is C56H82N14O14. The molecule has 3 aliphatic heterocycles. The van der Waals surface area contributed by atoms with Crippen molar-refractivity contribution in [3.8, 4) is 11.5 Å². The number of aliphatic hydroxyl groups is 1. The molecule has 2 aromatic carbocycles. The number of nitrogens with two attached hydrogens (primary N) is 3. The van der Waals surface area contributed by atoms with E-state index in [-0.39, 0.29) is 100 Å². The van der Waals surface area contributed by atoms with Gasteiger partial charge in [-0.05, 0) is 93.7 Å². The summed E-state index contributed by atoms with van der Waals surface area (Å²) in [6.07, 6.45) is 0.673. The summed E-state index contributed by atoms with van der Waals surface area (Å²) in [6.45, 7) is 7.94. The first-order chi connectivity index (χ1) is 39.8. The van der Waals surface area contributed by atoms with Crippen LogP contribution in [-0.4, -0.2) is 189 Å². The van der Waals surface area contributed by atoms with Crippen molar-refractivity contribution < 1.29 is 68.1 Å². The number of rotatable bonds is 28. The van der Waals surface area contributed by atoms with Crippen LogP contribution in [0.5, 0.6) is 11.5 Å². The predicted octanol–water partition coefficient (Wildman–Crippen LogP) is -2.27. The lowest BCUT2D eigenvalue weighted by Gasteiger charge is -2.34. The number of hydrogen-bond acceptors (Lipinski definition) is 15. The molecule has 28 heteroatoms. The predicted molar refractivity (Wildman–Crippen MR) is 304 cm³/mol. The zero-order chi connectivity index (χ0) is 61.9. The van der Waals surface area contributed by atoms with Crippen LogP contribution in [0, 0.1) is 11.8 Å². The van der Waals surface area contributed by atoms with Gasteiger partial charge in [-0.25, -0.2) is 0 Å². The van der Waals surface area contributed by atoms with Crippen molar-refractivity contribution in [2.45, 2.75) is 153 Å². The van der Waals surface area contributed by atoms with Crippen molar-refractivity contribution in [3.63, 3.8) is 0 Å². The Morgan fingerprint density at radius 2 is 1.11 bits per heavy atom. The molecule has 0 aromatic heterocycles. The van der Waals surface area contributed by atoms with Gasteiger partial charge in [0.1, 0.15) is 48.3 Å². The van der Waals surface area contributed by atoms with Gasteiger partial charge in [0.25, 0.3) is 11.8 Å². The van der Waals surface area contributed by atoms with Crippen molar-refractivity contribution in [2.24, 2.45) is 34.0 Å². The van der Waals surface area contributed by atoms with E-state index in [0.29, 0.717) is 19.3 Å². The Balaban J connectivity index is 1.29. The van der Waals surface area contributed by atoms with E-state index in [1.165, 1.54) is 52.0 Å². The van der Waals surface area contributed by atoms with Crippen LogP contribution in [0.2, 0.25) is 0 Å². The number of amides is 11. The number of guanidine groups is 1. The second kappa shape index (κ2) is 31.2. The van der Waals surface area contributed by atoms with Crippen LogP contribution in [0.3, 0.4) is 0 Å². The number of phenolic OH excluding ortho intramolecular Hbond substituents is 2. The molecule has 1 unspecified atom stereocenters. The molecule has 3 saturated heterocycles. The third-order valence-corrected chi connectivity index (χ3v) is 14.6. The fraction of sp³-hybridized carbons (Fsp3) is 0.571. The van der Waals surface area contributed by atoms with E-state index in [9.17, 15) is 68.1 Å². The summed E-state index contributed by atoms with van der Waals surface area (Å²) >= 11 is 0. The number of aliphatic hydroxyl groups excluding tert-OH is 1. The first kappa shape index (κ1) is 66.2. The molecule has 11 amide bonds. The number of likely N-dealkylation sites (tertiary alicyclic amines) is 3. The van der Waals surface area contributed by atoms with Gasteiger partial charge in [-0.15, -0.1) is 0 Å². The van der Waals surface area contributed by atoms with Crippen molar-refractivity contribution in [1.82, 2.24) is 51.9 Å². The fourth-order valence-electron chi connectivity index (χ4n) is 10.5. The number of aromatic hydroxyl groups is 2. The van der Waals surface area contributed by atoms with E-state index < -0.39 is 144 Å². The molecule has 28 nitrogen and oxygen atoms in total. The van der Waals surface area contributed by atoms with Crippen LogP contribution in [0.1, 0.15) is 121 Å². The van der Waals surface area contributed by atoms with Gasteiger partial charge in [-0.1, -0.05) is 64.1 Å². The van der Waals surface area contributed by atoms with E-state index in [4.69, 9.17) is 17.2 Å². The third-order valence-electron chi connectivity index (χ3n) is 14.6. The van der Waals surface area contributed by atoms with Gasteiger partial charge in [-0.2, -0.15) is 0 Å². The average Bonchev–Trinajstić information content (AvgIpc) is 3.60. The van der Waals surface area contributed by atoms with Crippen molar-refractivity contribution in [2.75, 3.05) is 39.3 Å². The van der Waals surface area contributed by atoms with Gasteiger partial charge < -0.3 is 84.4 Å². The van der Waals surface area contributed by atoms with Gasteiger partial charge in [0, 0.05) is 46.2 Å². The Morgan fingerprint density at radius 1 is 0.595 bits per heavy atom. The Hall–Kier alpha value is -8.56. The average molecular weight is 1180 g/mol. The summed E-state index contributed by atoms with van der Waals surface area (Å²) in [7, 11) is 0. The van der Waals surface area contributed by atoms with Crippen LogP contribution in [-0.2, 0) is 47.9 Å². The quantitative estimate of drug-likeness (QED) is 0.0185. The highest BCUT2D eigenvalue weighted by Gasteiger charge is 2.46. The largest absolute Gasteiger partial charge is 0.504 e. The Labute approximate surface area is 487 Å². The topological polar surface area (TPSA) is 433 Å². The number of para-hydroxylation sites is 1. The minimum absolute atomic E-state index is 0.0382. The van der Waals surface area contributed by atoms with Gasteiger partial charge in [0.2, 0.25) is 53.2 Å². The number of hydrogen-bond donors (Lipinski definition) is 13. The molecule has 0 bridgehead atoms. The molecule has 9 atom stereocenters. The number of nitrogens with zero attached hydrogens (tertiary/aromatic N) is 4. The smallest absolute Gasteiger partial charge is 0.255 e. The molecule has 0 saturated carbocycles. The highest BCUT2D eigenvalue weighted by atomic mass is 16.3. The molecule has 16 N–H and O–H groups in total. The summed E-state index contributed by atoms with van der Waals surface area (Å²) in [5.74, 6) is -9.95. The standard InChI is InChI=1S/C56H82N14O14/c1-30(2)26-36(64-49(78)39(29-62-52(81)44(73)33-14-7-6-8-15-33)67-48(77)35(63-32(5)71)17-10-22-60-56(58)59)54(83)70-25-13-20-42(70)55(84)69-24-12-19-41(69)50(79)65-37(27-31(3)4)53(82)68-23-11-18-40(68)51(80)66-38(46(57)75)28-61-47(76)34-16-9-21-43(72)45(34)74/h6-9,14-16,21,30-31,35-42,44,72-74H,10-13,17-20,22-29H2,1-5H3,(H2,57,75)(H,61,76)(H,62,81)(H,63,71)(H,64,78)(H,65,79)(H,66,80)(H,67,77)(H4,58,59,60)/t35-,36-,37-,38-,39-,40-,41-,42-,44?/m0/s1. The fourth-order valence-corrected chi connectivity index (χ4v) is 10.5. The maximum absolute atomic E-state index is 14.8. The highest BCUT2D eigenvalue weighted by Crippen LogP contribution is 2.29. The second-order valence-corrected chi connectivity index (χ2v) is 22.1. The Morgan fingerprint density at radius 3 is 1.68 bits per heavy atom. The molecule has 84 heavy (non-hydrogen) atoms. The molecule has 3 fully saturated rings. The maximum atomic E-state index is 14.8. The monoisotopic (exact) mass is 1170 g/mol. The molecule has 3 aliphatic rings. The first-order valence-electron chi connectivity index (χ1n) is 28.3. The van der Waals surface area contributed by atoms with Crippen LogP contribution >= 0.6 is 0 Å². The van der Waals surface area contributed by atoms with E-state index in [0.717, 1.165) is 0 Å². The van der Waals surface area contributed by atoms with Crippen molar-refractivity contribution in [3.05, 3.63) is 59.7 Å². The summed E-state index contributed by atoms with van der Waals surface area (Å²) < 4.78 is 0. The van der Waals surface area contributed by atoms with Gasteiger partial charge >= 0.3 is 0 Å². The number of carbonyl (C=O) groups excluding carboxylic acids is 11. The van der Waals surface area contributed by atoms with E-state index in [1.54, 1.807) is 18.2 Å². The number of phenols is 2.